The Hall–Kier alpha value is -2.71. The van der Waals surface area contributed by atoms with Gasteiger partial charge in [0.2, 0.25) is 15.9 Å². The van der Waals surface area contributed by atoms with Crippen LogP contribution in [0.15, 0.2) is 47.4 Å². The summed E-state index contributed by atoms with van der Waals surface area (Å²) in [5.41, 5.74) is 3.85. The van der Waals surface area contributed by atoms with Crippen LogP contribution in [0, 0.1) is 0 Å². The van der Waals surface area contributed by atoms with Gasteiger partial charge in [-0.2, -0.15) is 4.31 Å². The van der Waals surface area contributed by atoms with Gasteiger partial charge in [-0.15, -0.1) is 0 Å². The quantitative estimate of drug-likeness (QED) is 0.491. The maximum atomic E-state index is 13.0. The highest BCUT2D eigenvalue weighted by atomic mass is 32.2. The lowest BCUT2D eigenvalue weighted by atomic mass is 9.99. The maximum absolute atomic E-state index is 13.0. The second-order valence-electron chi connectivity index (χ2n) is 9.81. The molecule has 0 aliphatic carbocycles. The highest BCUT2D eigenvalue weighted by Gasteiger charge is 2.26. The van der Waals surface area contributed by atoms with E-state index in [0.717, 1.165) is 36.2 Å². The highest BCUT2D eigenvalue weighted by molar-refractivity contribution is 7.89. The molecule has 1 unspecified atom stereocenters. The lowest BCUT2D eigenvalue weighted by Crippen LogP contribution is -2.35. The molecule has 188 valence electrons. The average molecular weight is 497 g/mol. The molecular weight excluding hydrogens is 460 g/mol. The molecule has 1 aromatic heterocycles. The minimum absolute atomic E-state index is 0.0362. The van der Waals surface area contributed by atoms with Crippen LogP contribution in [-0.4, -0.2) is 41.3 Å². The van der Waals surface area contributed by atoms with Crippen LogP contribution in [0.5, 0.6) is 0 Å². The van der Waals surface area contributed by atoms with Gasteiger partial charge in [0.25, 0.3) is 0 Å². The van der Waals surface area contributed by atoms with Gasteiger partial charge in [-0.25, -0.2) is 13.4 Å². The lowest BCUT2D eigenvalue weighted by Gasteiger charge is -2.25. The number of benzene rings is 2. The molecule has 0 bridgehead atoms. The van der Waals surface area contributed by atoms with Crippen LogP contribution in [0.2, 0.25) is 0 Å². The van der Waals surface area contributed by atoms with Gasteiger partial charge < -0.3 is 9.88 Å². The third-order valence-electron chi connectivity index (χ3n) is 6.95. The zero-order valence-corrected chi connectivity index (χ0v) is 21.9. The second kappa shape index (κ2) is 10.5. The standard InChI is InChI=1S/C27H36N4O3S/c1-19(2)21-8-10-22(11-9-21)20(3)28-27(32)15-14-26-29-24-18-23(12-13-25(24)30(26)4)35(33,34)31-16-6-5-7-17-31/h8-13,18-20H,5-7,14-17H2,1-4H3,(H,28,32). The number of aryl methyl sites for hydroxylation is 2. The van der Waals surface area contributed by atoms with Crippen molar-refractivity contribution < 1.29 is 13.2 Å². The summed E-state index contributed by atoms with van der Waals surface area (Å²) in [5, 5.41) is 3.07. The van der Waals surface area contributed by atoms with Crippen molar-refractivity contribution >= 4 is 27.0 Å². The predicted octanol–water partition coefficient (Wildman–Crippen LogP) is 4.68. The zero-order valence-electron chi connectivity index (χ0n) is 21.1. The maximum Gasteiger partial charge on any atom is 0.243 e. The van der Waals surface area contributed by atoms with Crippen LogP contribution >= 0.6 is 0 Å². The molecule has 7 nitrogen and oxygen atoms in total. The van der Waals surface area contributed by atoms with Crippen molar-refractivity contribution in [2.75, 3.05) is 13.1 Å². The fraction of sp³-hybridized carbons (Fsp3) is 0.481. The molecule has 1 saturated heterocycles. The van der Waals surface area contributed by atoms with Crippen molar-refractivity contribution in [2.45, 2.75) is 69.7 Å². The number of hydrogen-bond donors (Lipinski definition) is 1. The fourth-order valence-electron chi connectivity index (χ4n) is 4.66. The van der Waals surface area contributed by atoms with Gasteiger partial charge in [-0.1, -0.05) is 44.5 Å². The van der Waals surface area contributed by atoms with Gasteiger partial charge in [0.1, 0.15) is 5.82 Å². The topological polar surface area (TPSA) is 84.3 Å². The van der Waals surface area contributed by atoms with E-state index in [1.807, 2.05) is 24.6 Å². The largest absolute Gasteiger partial charge is 0.350 e. The fourth-order valence-corrected chi connectivity index (χ4v) is 6.20. The molecule has 1 aliphatic heterocycles. The van der Waals surface area contributed by atoms with Crippen molar-refractivity contribution in [1.29, 1.82) is 0 Å². The number of aromatic nitrogens is 2. The Morgan fingerprint density at radius 2 is 1.66 bits per heavy atom. The molecule has 35 heavy (non-hydrogen) atoms. The van der Waals surface area contributed by atoms with Crippen LogP contribution in [0.4, 0.5) is 0 Å². The van der Waals surface area contributed by atoms with Gasteiger partial charge >= 0.3 is 0 Å². The number of nitrogens with zero attached hydrogens (tertiary/aromatic N) is 3. The van der Waals surface area contributed by atoms with E-state index in [9.17, 15) is 13.2 Å². The van der Waals surface area contributed by atoms with Gasteiger partial charge in [-0.05, 0) is 55.0 Å². The van der Waals surface area contributed by atoms with Gasteiger partial charge in [0, 0.05) is 33.0 Å². The molecule has 1 fully saturated rings. The summed E-state index contributed by atoms with van der Waals surface area (Å²) in [7, 11) is -1.61. The summed E-state index contributed by atoms with van der Waals surface area (Å²) in [5.74, 6) is 1.20. The van der Waals surface area contributed by atoms with Crippen LogP contribution < -0.4 is 5.32 Å². The van der Waals surface area contributed by atoms with E-state index in [-0.39, 0.29) is 16.8 Å². The van der Waals surface area contributed by atoms with Crippen LogP contribution in [-0.2, 0) is 28.3 Å². The second-order valence-corrected chi connectivity index (χ2v) is 11.8. The van der Waals surface area contributed by atoms with Crippen molar-refractivity contribution in [2.24, 2.45) is 7.05 Å². The number of fused-ring (bicyclic) bond motifs is 1. The molecule has 1 amide bonds. The zero-order chi connectivity index (χ0) is 25.2. The van der Waals surface area contributed by atoms with E-state index in [1.165, 1.54) is 5.56 Å². The monoisotopic (exact) mass is 496 g/mol. The summed E-state index contributed by atoms with van der Waals surface area (Å²) in [4.78, 5) is 17.6. The number of carbonyl (C=O) groups excluding carboxylic acids is 1. The molecule has 8 heteroatoms. The number of imidazole rings is 1. The Kier molecular flexibility index (Phi) is 7.62. The summed E-state index contributed by atoms with van der Waals surface area (Å²) >= 11 is 0. The summed E-state index contributed by atoms with van der Waals surface area (Å²) in [6.45, 7) is 7.46. The van der Waals surface area contributed by atoms with E-state index < -0.39 is 10.0 Å². The van der Waals surface area contributed by atoms with Crippen molar-refractivity contribution in [3.05, 3.63) is 59.4 Å². The Bertz CT molecular complexity index is 1290. The van der Waals surface area contributed by atoms with Crippen molar-refractivity contribution in [3.8, 4) is 0 Å². The third-order valence-corrected chi connectivity index (χ3v) is 8.85. The molecule has 2 aromatic carbocycles. The summed E-state index contributed by atoms with van der Waals surface area (Å²) in [6.07, 6.45) is 3.67. The van der Waals surface area contributed by atoms with E-state index in [1.54, 1.807) is 16.4 Å². The number of amides is 1. The van der Waals surface area contributed by atoms with Gasteiger partial charge in [0.15, 0.2) is 0 Å². The minimum Gasteiger partial charge on any atom is -0.350 e. The van der Waals surface area contributed by atoms with Crippen molar-refractivity contribution in [1.82, 2.24) is 19.2 Å². The van der Waals surface area contributed by atoms with E-state index in [2.05, 4.69) is 48.4 Å². The molecule has 1 atom stereocenters. The Labute approximate surface area is 208 Å². The Morgan fingerprint density at radius 3 is 2.31 bits per heavy atom. The lowest BCUT2D eigenvalue weighted by molar-refractivity contribution is -0.121. The van der Waals surface area contributed by atoms with E-state index in [0.29, 0.717) is 37.4 Å². The molecule has 0 spiro atoms. The average Bonchev–Trinajstić information content (AvgIpc) is 3.18. The van der Waals surface area contributed by atoms with Crippen LogP contribution in [0.1, 0.15) is 75.4 Å². The van der Waals surface area contributed by atoms with E-state index >= 15 is 0 Å². The molecule has 2 heterocycles. The first-order valence-corrected chi connectivity index (χ1v) is 14.0. The molecule has 0 saturated carbocycles. The molecule has 0 radical (unpaired) electrons. The third kappa shape index (κ3) is 5.59. The molecule has 4 rings (SSSR count). The predicted molar refractivity (Wildman–Crippen MR) is 139 cm³/mol. The molecule has 1 N–H and O–H groups in total. The first kappa shape index (κ1) is 25.4. The Balaban J connectivity index is 1.41. The number of carbonyl (C=O) groups is 1. The molecular formula is C27H36N4O3S. The number of rotatable bonds is 8. The summed E-state index contributed by atoms with van der Waals surface area (Å²) < 4.78 is 29.6. The minimum atomic E-state index is -3.51. The Morgan fingerprint density at radius 1 is 1.00 bits per heavy atom. The molecule has 1 aliphatic rings. The van der Waals surface area contributed by atoms with E-state index in [4.69, 9.17) is 0 Å². The van der Waals surface area contributed by atoms with Gasteiger partial charge in [-0.3, -0.25) is 4.79 Å². The van der Waals surface area contributed by atoms with Crippen LogP contribution in [0.25, 0.3) is 11.0 Å². The smallest absolute Gasteiger partial charge is 0.243 e. The normalized spacial score (nSPS) is 16.0. The SMILES string of the molecule is CC(C)c1ccc(C(C)NC(=O)CCc2nc3cc(S(=O)(=O)N4CCCCC4)ccc3n2C)cc1. The van der Waals surface area contributed by atoms with Crippen molar-refractivity contribution in [3.63, 3.8) is 0 Å². The molecule has 3 aromatic rings. The summed E-state index contributed by atoms with van der Waals surface area (Å²) in [6, 6.07) is 13.4. The highest BCUT2D eigenvalue weighted by Crippen LogP contribution is 2.25. The number of piperidine rings is 1. The van der Waals surface area contributed by atoms with Crippen LogP contribution in [0.3, 0.4) is 0 Å². The first-order valence-electron chi connectivity index (χ1n) is 12.5. The number of nitrogens with one attached hydrogen (secondary N) is 1. The number of sulfonamides is 1. The number of hydrogen-bond acceptors (Lipinski definition) is 4. The first-order chi connectivity index (χ1) is 16.7. The van der Waals surface area contributed by atoms with Gasteiger partial charge in [0.05, 0.1) is 22.0 Å².